The maximum absolute atomic E-state index is 8.97. The van der Waals surface area contributed by atoms with Gasteiger partial charge >= 0.3 is 7.12 Å². The van der Waals surface area contributed by atoms with Crippen molar-refractivity contribution in [3.63, 3.8) is 0 Å². The molecule has 5 nitrogen and oxygen atoms in total. The summed E-state index contributed by atoms with van der Waals surface area (Å²) in [5, 5.41) is 19.9. The number of unbranched alkanes of at least 4 members (excludes halogenated alkanes) is 4. The van der Waals surface area contributed by atoms with E-state index >= 15 is 0 Å². The van der Waals surface area contributed by atoms with Gasteiger partial charge in [0, 0.05) is 37.6 Å². The van der Waals surface area contributed by atoms with Crippen molar-refractivity contribution in [2.75, 3.05) is 19.8 Å². The molecule has 0 radical (unpaired) electrons. The van der Waals surface area contributed by atoms with Crippen molar-refractivity contribution < 1.29 is 14.8 Å². The van der Waals surface area contributed by atoms with Crippen molar-refractivity contribution in [1.29, 1.82) is 0 Å². The molecule has 1 heterocycles. The van der Waals surface area contributed by atoms with Gasteiger partial charge in [0.2, 0.25) is 0 Å². The second-order valence-corrected chi connectivity index (χ2v) is 5.04. The van der Waals surface area contributed by atoms with Gasteiger partial charge in [0.25, 0.3) is 0 Å². The van der Waals surface area contributed by atoms with Crippen LogP contribution in [0, 0.1) is 0 Å². The highest BCUT2D eigenvalue weighted by Crippen LogP contribution is 2.05. The van der Waals surface area contributed by atoms with E-state index in [4.69, 9.17) is 14.8 Å². The van der Waals surface area contributed by atoms with Crippen LogP contribution in [0.3, 0.4) is 0 Å². The van der Waals surface area contributed by atoms with Crippen LogP contribution in [0.1, 0.15) is 45.4 Å². The second-order valence-electron chi connectivity index (χ2n) is 5.04. The Bertz CT molecular complexity index is 309. The van der Waals surface area contributed by atoms with E-state index in [1.54, 1.807) is 12.3 Å². The number of nitrogens with one attached hydrogen (secondary N) is 1. The van der Waals surface area contributed by atoms with Crippen LogP contribution in [0.5, 0.6) is 0 Å². The van der Waals surface area contributed by atoms with Gasteiger partial charge in [-0.15, -0.1) is 0 Å². The number of rotatable bonds is 11. The van der Waals surface area contributed by atoms with E-state index in [0.717, 1.165) is 32.6 Å². The van der Waals surface area contributed by atoms with Crippen molar-refractivity contribution in [2.45, 2.75) is 45.4 Å². The van der Waals surface area contributed by atoms with Crippen molar-refractivity contribution in [2.24, 2.45) is 0 Å². The molecule has 1 rings (SSSR count). The Labute approximate surface area is 122 Å². The molecular weight excluding hydrogens is 255 g/mol. The first kappa shape index (κ1) is 17.1. The molecule has 0 fully saturated rings. The Morgan fingerprint density at radius 2 is 1.90 bits per heavy atom. The van der Waals surface area contributed by atoms with Crippen LogP contribution in [-0.2, 0) is 4.74 Å². The molecule has 0 spiro atoms. The highest BCUT2D eigenvalue weighted by molar-refractivity contribution is 6.51. The zero-order valence-electron chi connectivity index (χ0n) is 12.4. The lowest BCUT2D eigenvalue weighted by Crippen LogP contribution is -2.34. The lowest BCUT2D eigenvalue weighted by Gasteiger charge is -2.24. The highest BCUT2D eigenvalue weighted by Gasteiger charge is 2.14. The number of allylic oxidation sites excluding steroid dienone is 2. The topological polar surface area (TPSA) is 65.0 Å². The summed E-state index contributed by atoms with van der Waals surface area (Å²) in [6, 6.07) is 0. The highest BCUT2D eigenvalue weighted by atomic mass is 16.5. The second kappa shape index (κ2) is 10.8. The largest absolute Gasteiger partial charge is 0.490 e. The third kappa shape index (κ3) is 7.57. The zero-order chi connectivity index (χ0) is 14.6. The first-order chi connectivity index (χ1) is 9.74. The molecule has 20 heavy (non-hydrogen) atoms. The van der Waals surface area contributed by atoms with Gasteiger partial charge in [0.15, 0.2) is 0 Å². The summed E-state index contributed by atoms with van der Waals surface area (Å²) >= 11 is 0. The molecular formula is C14H27BN2O3. The molecule has 3 N–H and O–H groups in total. The fourth-order valence-electron chi connectivity index (χ4n) is 1.94. The van der Waals surface area contributed by atoms with E-state index < -0.39 is 7.12 Å². The van der Waals surface area contributed by atoms with Gasteiger partial charge in [-0.05, 0) is 25.3 Å². The predicted octanol–water partition coefficient (Wildman–Crippen LogP) is 1.59. The average molecular weight is 282 g/mol. The number of nitrogens with zero attached hydrogens (tertiary/aromatic N) is 1. The minimum absolute atomic E-state index is 0.469. The van der Waals surface area contributed by atoms with Gasteiger partial charge in [0.1, 0.15) is 0 Å². The molecule has 0 aromatic heterocycles. The summed E-state index contributed by atoms with van der Waals surface area (Å²) in [6.07, 6.45) is 12.2. The first-order valence-corrected chi connectivity index (χ1v) is 7.59. The van der Waals surface area contributed by atoms with Gasteiger partial charge in [-0.1, -0.05) is 26.2 Å². The Hall–Kier alpha value is -0.975. The van der Waals surface area contributed by atoms with Crippen LogP contribution in [0.4, 0.5) is 0 Å². The maximum Gasteiger partial charge on any atom is 0.490 e. The molecule has 1 aliphatic rings. The average Bonchev–Trinajstić information content (AvgIpc) is 2.46. The van der Waals surface area contributed by atoms with Crippen LogP contribution in [0.25, 0.3) is 0 Å². The van der Waals surface area contributed by atoms with Gasteiger partial charge < -0.3 is 20.2 Å². The summed E-state index contributed by atoms with van der Waals surface area (Å²) in [6.45, 7) is 4.78. The molecule has 0 unspecified atom stereocenters. The predicted molar refractivity (Wildman–Crippen MR) is 81.5 cm³/mol. The molecule has 1 aliphatic heterocycles. The molecule has 0 saturated heterocycles. The van der Waals surface area contributed by atoms with E-state index in [9.17, 15) is 0 Å². The minimum Gasteiger partial charge on any atom is -0.423 e. The number of hydrogen-bond acceptors (Lipinski definition) is 5. The van der Waals surface area contributed by atoms with E-state index in [2.05, 4.69) is 12.3 Å². The van der Waals surface area contributed by atoms with Crippen molar-refractivity contribution in [3.05, 3.63) is 23.9 Å². The van der Waals surface area contributed by atoms with Gasteiger partial charge in [0.05, 0.1) is 0 Å². The summed E-state index contributed by atoms with van der Waals surface area (Å²) in [7, 11) is -1.41. The standard InChI is InChI=1S/C14H27BN2O3/c1-2-3-4-6-11-20-12-7-5-9-17-10-8-14(13-16-17)15(18)19/h8,10,13,16,18-19H,2-7,9,11-12H2,1H3. The quantitative estimate of drug-likeness (QED) is 0.397. The number of hydrazine groups is 1. The molecule has 0 aliphatic carbocycles. The van der Waals surface area contributed by atoms with Crippen molar-refractivity contribution in [1.82, 2.24) is 10.4 Å². The number of ether oxygens (including phenoxy) is 1. The molecule has 0 atom stereocenters. The van der Waals surface area contributed by atoms with Gasteiger partial charge in [-0.2, -0.15) is 0 Å². The van der Waals surface area contributed by atoms with Crippen LogP contribution in [-0.4, -0.2) is 41.9 Å². The monoisotopic (exact) mass is 282 g/mol. The molecule has 0 saturated carbocycles. The zero-order valence-corrected chi connectivity index (χ0v) is 12.4. The maximum atomic E-state index is 8.97. The Morgan fingerprint density at radius 1 is 1.15 bits per heavy atom. The van der Waals surface area contributed by atoms with E-state index in [1.165, 1.54) is 25.7 Å². The van der Waals surface area contributed by atoms with Crippen molar-refractivity contribution in [3.8, 4) is 0 Å². The lowest BCUT2D eigenvalue weighted by atomic mass is 9.80. The smallest absolute Gasteiger partial charge is 0.423 e. The lowest BCUT2D eigenvalue weighted by molar-refractivity contribution is 0.123. The van der Waals surface area contributed by atoms with Crippen LogP contribution in [0.15, 0.2) is 23.9 Å². The van der Waals surface area contributed by atoms with Crippen LogP contribution >= 0.6 is 0 Å². The normalized spacial score (nSPS) is 14.2. The van der Waals surface area contributed by atoms with Crippen LogP contribution < -0.4 is 5.43 Å². The molecule has 0 aromatic carbocycles. The number of hydrogen-bond donors (Lipinski definition) is 3. The Morgan fingerprint density at radius 3 is 2.50 bits per heavy atom. The minimum atomic E-state index is -1.41. The summed E-state index contributed by atoms with van der Waals surface area (Å²) in [4.78, 5) is 0. The van der Waals surface area contributed by atoms with Crippen molar-refractivity contribution >= 4 is 7.12 Å². The molecule has 0 bridgehead atoms. The third-order valence-electron chi connectivity index (χ3n) is 3.22. The third-order valence-corrected chi connectivity index (χ3v) is 3.22. The van der Waals surface area contributed by atoms with Gasteiger partial charge in [-0.3, -0.25) is 5.01 Å². The Balaban J connectivity index is 1.92. The van der Waals surface area contributed by atoms with E-state index in [1.807, 2.05) is 11.2 Å². The molecule has 6 heteroatoms. The molecule has 114 valence electrons. The SMILES string of the molecule is CCCCCCOCCCCN1C=CC(B(O)O)=CN1. The Kier molecular flexibility index (Phi) is 9.20. The van der Waals surface area contributed by atoms with Crippen LogP contribution in [0.2, 0.25) is 0 Å². The fourth-order valence-corrected chi connectivity index (χ4v) is 1.94. The first-order valence-electron chi connectivity index (χ1n) is 7.59. The summed E-state index contributed by atoms with van der Waals surface area (Å²) in [5.74, 6) is 0. The van der Waals surface area contributed by atoms with E-state index in [-0.39, 0.29) is 0 Å². The fraction of sp³-hybridized carbons (Fsp3) is 0.714. The summed E-state index contributed by atoms with van der Waals surface area (Å²) in [5.41, 5.74) is 3.47. The molecule has 0 aromatic rings. The van der Waals surface area contributed by atoms with Gasteiger partial charge in [-0.25, -0.2) is 0 Å². The molecule has 0 amide bonds. The van der Waals surface area contributed by atoms with E-state index in [0.29, 0.717) is 5.47 Å². The summed E-state index contributed by atoms with van der Waals surface area (Å²) < 4.78 is 5.58.